The smallest absolute Gasteiger partial charge is 0.269 e. The molecule has 2 aliphatic heterocycles. The maximum atomic E-state index is 15.5. The first-order valence-corrected chi connectivity index (χ1v) is 17.7. The molecule has 10 nitrogen and oxygen atoms in total. The largest absolute Gasteiger partial charge is 0.507 e. The molecule has 1 saturated carbocycles. The van der Waals surface area contributed by atoms with Crippen molar-refractivity contribution in [2.45, 2.75) is 24.2 Å². The number of nitro groups is 1. The fraction of sp³-hybridized carbons (Fsp3) is 0.190. The lowest BCUT2D eigenvalue weighted by molar-refractivity contribution is -0.384. The van der Waals surface area contributed by atoms with Crippen molar-refractivity contribution in [3.8, 4) is 5.75 Å². The summed E-state index contributed by atoms with van der Waals surface area (Å²) in [6.45, 7) is 0. The summed E-state index contributed by atoms with van der Waals surface area (Å²) >= 11 is 6.42. The monoisotopic (exact) mass is 723 g/mol. The average Bonchev–Trinajstić information content (AvgIpc) is 3.56. The molecule has 3 fully saturated rings. The second-order valence-electron chi connectivity index (χ2n) is 14.1. The summed E-state index contributed by atoms with van der Waals surface area (Å²) < 4.78 is 0. The number of halogens is 1. The van der Waals surface area contributed by atoms with Gasteiger partial charge in [0.15, 0.2) is 0 Å². The maximum Gasteiger partial charge on any atom is 0.269 e. The van der Waals surface area contributed by atoms with Gasteiger partial charge in [0.1, 0.15) is 5.75 Å². The van der Waals surface area contributed by atoms with Gasteiger partial charge < -0.3 is 5.11 Å². The average molecular weight is 724 g/mol. The van der Waals surface area contributed by atoms with Crippen LogP contribution in [0.25, 0.3) is 10.8 Å². The van der Waals surface area contributed by atoms with Crippen molar-refractivity contribution in [3.63, 3.8) is 0 Å². The summed E-state index contributed by atoms with van der Waals surface area (Å²) in [5.74, 6) is -5.58. The number of hydrogen-bond donors (Lipinski definition) is 1. The number of phenolic OH excluding ortho intramolecular Hbond substituents is 1. The summed E-state index contributed by atoms with van der Waals surface area (Å²) in [6.07, 6.45) is 2.30. The van der Waals surface area contributed by atoms with E-state index in [9.17, 15) is 24.8 Å². The first kappa shape index (κ1) is 32.8. The fourth-order valence-electron chi connectivity index (χ4n) is 9.62. The molecular formula is C42H30ClN3O7. The number of phenols is 1. The van der Waals surface area contributed by atoms with Gasteiger partial charge >= 0.3 is 0 Å². The van der Waals surface area contributed by atoms with Crippen molar-refractivity contribution in [1.82, 2.24) is 0 Å². The normalized spacial score (nSPS) is 26.4. The van der Waals surface area contributed by atoms with E-state index in [1.54, 1.807) is 42.5 Å². The van der Waals surface area contributed by atoms with Gasteiger partial charge in [0, 0.05) is 28.5 Å². The van der Waals surface area contributed by atoms with E-state index in [4.69, 9.17) is 11.6 Å². The summed E-state index contributed by atoms with van der Waals surface area (Å²) in [7, 11) is 0. The summed E-state index contributed by atoms with van der Waals surface area (Å²) in [5, 5.41) is 24.0. The van der Waals surface area contributed by atoms with Gasteiger partial charge in [0.05, 0.1) is 39.5 Å². The molecule has 6 atom stereocenters. The Labute approximate surface area is 308 Å². The van der Waals surface area contributed by atoms with Crippen molar-refractivity contribution in [2.24, 2.45) is 23.7 Å². The number of nitrogens with zero attached hydrogens (tertiary/aromatic N) is 3. The van der Waals surface area contributed by atoms with E-state index in [0.29, 0.717) is 32.6 Å². The van der Waals surface area contributed by atoms with Crippen molar-refractivity contribution in [1.29, 1.82) is 0 Å². The van der Waals surface area contributed by atoms with Crippen LogP contribution in [0.1, 0.15) is 29.9 Å². The minimum Gasteiger partial charge on any atom is -0.507 e. The molecule has 0 spiro atoms. The lowest BCUT2D eigenvalue weighted by Gasteiger charge is -2.51. The standard InChI is InChI=1S/C42H30ClN3O7/c43-24-9-6-10-27(21-24)45-39(49)34-22-33-31(17-18-32-36(33)40(50)44(38(32)48)25-13-15-26(16-14-25)46(52)53)37(42(34,41(45)51)23-7-2-1-3-8-23)30-19-20-35(47)29-12-5-4-11-28(29)30/h1-17,19-21,32-34,36-37,47H,18,22H2. The number of nitro benzene ring substituents is 1. The Kier molecular flexibility index (Phi) is 7.39. The van der Waals surface area contributed by atoms with Crippen molar-refractivity contribution in [3.05, 3.63) is 153 Å². The Morgan fingerprint density at radius 2 is 1.45 bits per heavy atom. The second-order valence-corrected chi connectivity index (χ2v) is 14.5. The Balaban J connectivity index is 1.28. The lowest BCUT2D eigenvalue weighted by atomic mass is 9.49. The van der Waals surface area contributed by atoms with Crippen LogP contribution in [-0.4, -0.2) is 33.7 Å². The molecule has 0 bridgehead atoms. The SMILES string of the molecule is O=C1C2CC=C3C(CC4C(=O)N(c5cccc(Cl)c5)C(=O)C4(c4ccccc4)C3c3ccc(O)c4ccccc34)C2C(=O)N1c1ccc([N+](=O)[O-])cc1. The predicted octanol–water partition coefficient (Wildman–Crippen LogP) is 7.47. The Bertz CT molecular complexity index is 2450. The Morgan fingerprint density at radius 1 is 0.736 bits per heavy atom. The molecule has 4 amide bonds. The van der Waals surface area contributed by atoms with Crippen LogP contribution in [0, 0.1) is 33.8 Å². The van der Waals surface area contributed by atoms with E-state index in [-0.39, 0.29) is 30.0 Å². The zero-order valence-corrected chi connectivity index (χ0v) is 28.7. The summed E-state index contributed by atoms with van der Waals surface area (Å²) in [4.78, 5) is 72.3. The highest BCUT2D eigenvalue weighted by atomic mass is 35.5. The number of rotatable bonds is 5. The quantitative estimate of drug-likeness (QED) is 0.0859. The van der Waals surface area contributed by atoms with Crippen LogP contribution < -0.4 is 9.80 Å². The molecule has 2 aliphatic carbocycles. The van der Waals surface area contributed by atoms with Crippen molar-refractivity contribution >= 4 is 63.1 Å². The number of anilines is 2. The highest BCUT2D eigenvalue weighted by Gasteiger charge is 2.70. The zero-order valence-electron chi connectivity index (χ0n) is 28.0. The van der Waals surface area contributed by atoms with Crippen LogP contribution in [0.2, 0.25) is 5.02 Å². The topological polar surface area (TPSA) is 138 Å². The van der Waals surface area contributed by atoms with E-state index >= 15 is 9.59 Å². The zero-order chi connectivity index (χ0) is 36.8. The third kappa shape index (κ3) is 4.58. The molecule has 4 aliphatic rings. The molecule has 2 saturated heterocycles. The van der Waals surface area contributed by atoms with Gasteiger partial charge in [-0.3, -0.25) is 34.2 Å². The molecule has 9 rings (SSSR count). The number of aromatic hydroxyl groups is 1. The molecule has 5 aromatic carbocycles. The van der Waals surface area contributed by atoms with Crippen molar-refractivity contribution in [2.75, 3.05) is 9.80 Å². The van der Waals surface area contributed by atoms with E-state index in [1.807, 2.05) is 54.6 Å². The lowest BCUT2D eigenvalue weighted by Crippen LogP contribution is -2.53. The molecule has 0 aromatic heterocycles. The Morgan fingerprint density at radius 3 is 2.17 bits per heavy atom. The van der Waals surface area contributed by atoms with Gasteiger partial charge in [-0.2, -0.15) is 0 Å². The first-order valence-electron chi connectivity index (χ1n) is 17.3. The van der Waals surface area contributed by atoms with E-state index < -0.39 is 63.6 Å². The van der Waals surface area contributed by atoms with Crippen LogP contribution in [-0.2, 0) is 24.6 Å². The van der Waals surface area contributed by atoms with Gasteiger partial charge in [-0.15, -0.1) is 0 Å². The Hall–Kier alpha value is -6.13. The van der Waals surface area contributed by atoms with Crippen LogP contribution in [0.5, 0.6) is 5.75 Å². The number of fused-ring (bicyclic) bond motifs is 5. The number of carbonyl (C=O) groups excluding carboxylic acids is 4. The van der Waals surface area contributed by atoms with Crippen LogP contribution in [0.15, 0.2) is 127 Å². The van der Waals surface area contributed by atoms with Gasteiger partial charge in [0.2, 0.25) is 23.6 Å². The van der Waals surface area contributed by atoms with Gasteiger partial charge in [-0.25, -0.2) is 4.90 Å². The number of carbonyl (C=O) groups is 4. The fourth-order valence-corrected chi connectivity index (χ4v) is 9.81. The van der Waals surface area contributed by atoms with Crippen LogP contribution >= 0.6 is 11.6 Å². The second kappa shape index (κ2) is 12.0. The van der Waals surface area contributed by atoms with Gasteiger partial charge in [0.25, 0.3) is 5.69 Å². The third-order valence-electron chi connectivity index (χ3n) is 11.7. The highest BCUT2D eigenvalue weighted by Crippen LogP contribution is 2.65. The molecule has 6 unspecified atom stereocenters. The molecule has 11 heteroatoms. The summed E-state index contributed by atoms with van der Waals surface area (Å²) in [6, 6.07) is 31.9. The number of hydrogen-bond acceptors (Lipinski definition) is 7. The van der Waals surface area contributed by atoms with Crippen LogP contribution in [0.4, 0.5) is 17.1 Å². The molecule has 262 valence electrons. The number of amides is 4. The highest BCUT2D eigenvalue weighted by molar-refractivity contribution is 6.32. The third-order valence-corrected chi connectivity index (χ3v) is 12.0. The number of benzene rings is 5. The molecule has 53 heavy (non-hydrogen) atoms. The maximum absolute atomic E-state index is 15.5. The molecule has 0 radical (unpaired) electrons. The minimum absolute atomic E-state index is 0.0596. The van der Waals surface area contributed by atoms with Gasteiger partial charge in [-0.05, 0) is 71.7 Å². The van der Waals surface area contributed by atoms with Gasteiger partial charge in [-0.1, -0.05) is 90.0 Å². The number of non-ortho nitro benzene ring substituents is 1. The number of allylic oxidation sites excluding steroid dienone is 2. The molecule has 1 N–H and O–H groups in total. The molecular weight excluding hydrogens is 694 g/mol. The van der Waals surface area contributed by atoms with E-state index in [1.165, 1.54) is 29.2 Å². The number of imide groups is 2. The summed E-state index contributed by atoms with van der Waals surface area (Å²) in [5.41, 5.74) is 1.05. The molecule has 5 aromatic rings. The van der Waals surface area contributed by atoms with E-state index in [0.717, 1.165) is 10.5 Å². The van der Waals surface area contributed by atoms with Crippen LogP contribution in [0.3, 0.4) is 0 Å². The minimum atomic E-state index is -1.47. The predicted molar refractivity (Wildman–Crippen MR) is 197 cm³/mol. The molecule has 2 heterocycles. The van der Waals surface area contributed by atoms with E-state index in [2.05, 4.69) is 0 Å². The van der Waals surface area contributed by atoms with Crippen molar-refractivity contribution < 1.29 is 29.2 Å². The first-order chi connectivity index (χ1) is 25.6.